The molecular formula is C32H23N5O6. The number of imide groups is 1. The summed E-state index contributed by atoms with van der Waals surface area (Å²) in [7, 11) is 0. The van der Waals surface area contributed by atoms with Crippen molar-refractivity contribution in [2.45, 2.75) is 18.8 Å². The molecule has 0 aromatic heterocycles. The number of nitrogens with zero attached hydrogens (tertiary/aromatic N) is 4. The summed E-state index contributed by atoms with van der Waals surface area (Å²) in [6.07, 6.45) is 0. The molecule has 2 amide bonds. The molecule has 1 fully saturated rings. The molecule has 11 nitrogen and oxygen atoms in total. The molecule has 4 aromatic rings. The topological polar surface area (TPSA) is 148 Å². The number of carbonyl (C=O) groups is 2. The summed E-state index contributed by atoms with van der Waals surface area (Å²) in [5.41, 5.74) is 7.75. The number of nitro groups is 2. The van der Waals surface area contributed by atoms with Crippen LogP contribution in [0.15, 0.2) is 96.1 Å². The number of hydrogen-bond donors (Lipinski definition) is 1. The number of hydrogen-bond acceptors (Lipinski definition) is 8. The molecule has 3 aliphatic carbocycles. The number of anilines is 2. The highest BCUT2D eigenvalue weighted by Gasteiger charge is 2.61. The molecule has 4 aliphatic rings. The summed E-state index contributed by atoms with van der Waals surface area (Å²) in [5, 5.41) is 26.6. The van der Waals surface area contributed by atoms with E-state index < -0.39 is 33.1 Å². The van der Waals surface area contributed by atoms with Gasteiger partial charge in [-0.1, -0.05) is 60.7 Å². The highest BCUT2D eigenvalue weighted by molar-refractivity contribution is 6.23. The lowest BCUT2D eigenvalue weighted by Crippen LogP contribution is -2.41. The van der Waals surface area contributed by atoms with Crippen molar-refractivity contribution in [3.63, 3.8) is 0 Å². The summed E-state index contributed by atoms with van der Waals surface area (Å²) in [4.78, 5) is 50.2. The number of rotatable bonds is 6. The fourth-order valence-electron chi connectivity index (χ4n) is 6.87. The van der Waals surface area contributed by atoms with Crippen LogP contribution in [0.25, 0.3) is 0 Å². The van der Waals surface area contributed by atoms with Crippen molar-refractivity contribution in [3.8, 4) is 0 Å². The van der Waals surface area contributed by atoms with Gasteiger partial charge in [-0.05, 0) is 52.9 Å². The van der Waals surface area contributed by atoms with Crippen LogP contribution in [0.5, 0.6) is 0 Å². The molecule has 4 aromatic carbocycles. The van der Waals surface area contributed by atoms with Gasteiger partial charge in [0.05, 0.1) is 39.1 Å². The van der Waals surface area contributed by atoms with Gasteiger partial charge in [0.25, 0.3) is 5.69 Å². The highest BCUT2D eigenvalue weighted by atomic mass is 16.6. The van der Waals surface area contributed by atoms with E-state index in [1.807, 2.05) is 24.3 Å². The third-order valence-corrected chi connectivity index (χ3v) is 8.72. The van der Waals surface area contributed by atoms with E-state index in [0.717, 1.165) is 34.4 Å². The van der Waals surface area contributed by atoms with Crippen LogP contribution in [-0.4, -0.2) is 27.4 Å². The van der Waals surface area contributed by atoms with E-state index in [0.29, 0.717) is 17.0 Å². The standard InChI is InChI=1S/C32H23N5O6/c1-17(33-34-25-15-14-20(36(40)41)16-26(25)37(42)43)18-10-12-19(13-11-18)35-31(38)29-27-21-6-2-3-7-22(21)28(30(29)32(35)39)24-9-5-4-8-23(24)27/h2-16,27-30,34H,1H3/b33-17+. The monoisotopic (exact) mass is 573 g/mol. The number of benzene rings is 4. The molecule has 1 N–H and O–H groups in total. The first-order valence-electron chi connectivity index (χ1n) is 13.6. The van der Waals surface area contributed by atoms with Crippen molar-refractivity contribution < 1.29 is 19.4 Å². The summed E-state index contributed by atoms with van der Waals surface area (Å²) < 4.78 is 0. The van der Waals surface area contributed by atoms with Crippen molar-refractivity contribution in [1.82, 2.24) is 0 Å². The molecular weight excluding hydrogens is 550 g/mol. The van der Waals surface area contributed by atoms with E-state index in [9.17, 15) is 29.8 Å². The number of hydrazone groups is 1. The number of nitrogens with one attached hydrogen (secondary N) is 1. The second kappa shape index (κ2) is 9.69. The van der Waals surface area contributed by atoms with E-state index in [-0.39, 0.29) is 29.3 Å². The van der Waals surface area contributed by atoms with Crippen LogP contribution >= 0.6 is 0 Å². The zero-order chi connectivity index (χ0) is 30.0. The van der Waals surface area contributed by atoms with Crippen molar-refractivity contribution in [2.24, 2.45) is 16.9 Å². The van der Waals surface area contributed by atoms with Gasteiger partial charge in [0.2, 0.25) is 11.8 Å². The van der Waals surface area contributed by atoms with Crippen molar-refractivity contribution in [3.05, 3.63) is 139 Å². The second-order valence-corrected chi connectivity index (χ2v) is 10.8. The van der Waals surface area contributed by atoms with E-state index >= 15 is 0 Å². The molecule has 2 unspecified atom stereocenters. The molecule has 212 valence electrons. The molecule has 2 bridgehead atoms. The van der Waals surface area contributed by atoms with Gasteiger partial charge in [0.1, 0.15) is 5.69 Å². The van der Waals surface area contributed by atoms with E-state index in [1.54, 1.807) is 31.2 Å². The van der Waals surface area contributed by atoms with E-state index in [4.69, 9.17) is 0 Å². The van der Waals surface area contributed by atoms with Gasteiger partial charge >= 0.3 is 5.69 Å². The molecule has 1 heterocycles. The molecule has 43 heavy (non-hydrogen) atoms. The number of amides is 2. The van der Waals surface area contributed by atoms with Crippen LogP contribution < -0.4 is 10.3 Å². The Bertz CT molecular complexity index is 1790. The van der Waals surface area contributed by atoms with Gasteiger partial charge in [0, 0.05) is 17.9 Å². The molecule has 11 heteroatoms. The maximum atomic E-state index is 14.0. The Kier molecular flexibility index (Phi) is 5.91. The summed E-state index contributed by atoms with van der Waals surface area (Å²) in [5.74, 6) is -1.75. The van der Waals surface area contributed by atoms with Crippen LogP contribution in [0.4, 0.5) is 22.7 Å². The Morgan fingerprint density at radius 1 is 0.744 bits per heavy atom. The first-order chi connectivity index (χ1) is 20.8. The molecule has 0 radical (unpaired) electrons. The minimum absolute atomic E-state index is 0.000872. The molecule has 2 atom stereocenters. The quantitative estimate of drug-likeness (QED) is 0.134. The lowest BCUT2D eigenvalue weighted by molar-refractivity contribution is -0.393. The second-order valence-electron chi connectivity index (χ2n) is 10.8. The third-order valence-electron chi connectivity index (χ3n) is 8.72. The number of non-ortho nitro benzene ring substituents is 1. The van der Waals surface area contributed by atoms with Crippen LogP contribution in [0.2, 0.25) is 0 Å². The minimum Gasteiger partial charge on any atom is -0.274 e. The van der Waals surface area contributed by atoms with Crippen molar-refractivity contribution >= 4 is 40.3 Å². The molecule has 0 spiro atoms. The number of carbonyl (C=O) groups excluding carboxylic acids is 2. The van der Waals surface area contributed by atoms with Crippen LogP contribution in [0.1, 0.15) is 46.6 Å². The van der Waals surface area contributed by atoms with Crippen LogP contribution in [0.3, 0.4) is 0 Å². The SMILES string of the molecule is C/C(=N\Nc1ccc([N+](=O)[O-])cc1[N+](=O)[O-])c1ccc(N2C(=O)C3C4c5ccccc5C(c5ccccc54)C3C2=O)cc1. The zero-order valence-corrected chi connectivity index (χ0v) is 22.7. The molecule has 0 saturated carbocycles. The Hall–Kier alpha value is -5.71. The zero-order valence-electron chi connectivity index (χ0n) is 22.7. The highest BCUT2D eigenvalue weighted by Crippen LogP contribution is 2.61. The Morgan fingerprint density at radius 3 is 1.72 bits per heavy atom. The normalized spacial score (nSPS) is 21.7. The Morgan fingerprint density at radius 2 is 1.26 bits per heavy atom. The number of nitro benzene ring substituents is 2. The molecule has 1 saturated heterocycles. The predicted molar refractivity (Wildman–Crippen MR) is 158 cm³/mol. The average molecular weight is 574 g/mol. The Balaban J connectivity index is 1.16. The smallest absolute Gasteiger partial charge is 0.274 e. The summed E-state index contributed by atoms with van der Waals surface area (Å²) in [6.45, 7) is 1.69. The third kappa shape index (κ3) is 3.92. The van der Waals surface area contributed by atoms with Crippen LogP contribution in [-0.2, 0) is 9.59 Å². The van der Waals surface area contributed by atoms with Crippen molar-refractivity contribution in [1.29, 1.82) is 0 Å². The van der Waals surface area contributed by atoms with Gasteiger partial charge in [-0.25, -0.2) is 4.90 Å². The van der Waals surface area contributed by atoms with Gasteiger partial charge in [-0.3, -0.25) is 35.2 Å². The lowest BCUT2D eigenvalue weighted by atomic mass is 9.55. The predicted octanol–water partition coefficient (Wildman–Crippen LogP) is 5.74. The molecule has 8 rings (SSSR count). The van der Waals surface area contributed by atoms with Crippen LogP contribution in [0, 0.1) is 32.1 Å². The maximum Gasteiger partial charge on any atom is 0.301 e. The fourth-order valence-corrected chi connectivity index (χ4v) is 6.87. The average Bonchev–Trinajstić information content (AvgIpc) is 3.29. The first kappa shape index (κ1) is 26.2. The van der Waals surface area contributed by atoms with Gasteiger partial charge in [0.15, 0.2) is 0 Å². The van der Waals surface area contributed by atoms with Gasteiger partial charge in [-0.15, -0.1) is 0 Å². The minimum atomic E-state index is -0.722. The maximum absolute atomic E-state index is 14.0. The lowest BCUT2D eigenvalue weighted by Gasteiger charge is -2.45. The molecule has 1 aliphatic heterocycles. The Labute approximate surface area is 244 Å². The fraction of sp³-hybridized carbons (Fsp3) is 0.156. The van der Waals surface area contributed by atoms with E-state index in [1.165, 1.54) is 11.0 Å². The van der Waals surface area contributed by atoms with E-state index in [2.05, 4.69) is 34.8 Å². The summed E-state index contributed by atoms with van der Waals surface area (Å²) in [6, 6.07) is 26.3. The first-order valence-corrected chi connectivity index (χ1v) is 13.6. The van der Waals surface area contributed by atoms with Crippen molar-refractivity contribution in [2.75, 3.05) is 10.3 Å². The van der Waals surface area contributed by atoms with Gasteiger partial charge < -0.3 is 0 Å². The summed E-state index contributed by atoms with van der Waals surface area (Å²) >= 11 is 0. The van der Waals surface area contributed by atoms with Gasteiger partial charge in [-0.2, -0.15) is 5.10 Å². The largest absolute Gasteiger partial charge is 0.301 e.